The molecule has 0 aliphatic carbocycles. The van der Waals surface area contributed by atoms with Gasteiger partial charge in [0.15, 0.2) is 0 Å². The molecule has 0 bridgehead atoms. The van der Waals surface area contributed by atoms with E-state index in [-0.39, 0.29) is 18.4 Å². The first-order valence-electron chi connectivity index (χ1n) is 7.01. The van der Waals surface area contributed by atoms with E-state index in [0.717, 1.165) is 24.3 Å². The summed E-state index contributed by atoms with van der Waals surface area (Å²) >= 11 is 0. The van der Waals surface area contributed by atoms with Crippen LogP contribution in [0.1, 0.15) is 24.5 Å². The molecule has 4 heteroatoms. The molecule has 0 fully saturated rings. The molecule has 0 radical (unpaired) electrons. The lowest BCUT2D eigenvalue weighted by molar-refractivity contribution is -0.116. The first-order chi connectivity index (χ1) is 9.69. The standard InChI is InChI=1S/C16H21NO3/c1-12(6-8-18)11-17-16(19)5-3-13-2-4-15-14(10-13)7-9-20-15/h2-5,10,12,18H,6-9,11H2,1H3,(H,17,19)/b5-3+. The molecule has 1 atom stereocenters. The van der Waals surface area contributed by atoms with E-state index in [1.54, 1.807) is 6.08 Å². The van der Waals surface area contributed by atoms with Crippen LogP contribution in [-0.4, -0.2) is 30.8 Å². The van der Waals surface area contributed by atoms with Gasteiger partial charge in [0, 0.05) is 25.6 Å². The minimum absolute atomic E-state index is 0.105. The molecule has 2 N–H and O–H groups in total. The van der Waals surface area contributed by atoms with Gasteiger partial charge < -0.3 is 15.2 Å². The maximum absolute atomic E-state index is 11.7. The van der Waals surface area contributed by atoms with Crippen LogP contribution in [0.2, 0.25) is 0 Å². The molecule has 1 aliphatic heterocycles. The van der Waals surface area contributed by atoms with Crippen LogP contribution in [0.4, 0.5) is 0 Å². The number of benzene rings is 1. The van der Waals surface area contributed by atoms with Gasteiger partial charge in [-0.1, -0.05) is 13.0 Å². The zero-order chi connectivity index (χ0) is 14.4. The van der Waals surface area contributed by atoms with Crippen molar-refractivity contribution in [1.29, 1.82) is 0 Å². The molecule has 1 aromatic carbocycles. The molecular formula is C16H21NO3. The summed E-state index contributed by atoms with van der Waals surface area (Å²) in [4.78, 5) is 11.7. The lowest BCUT2D eigenvalue weighted by atomic mass is 10.1. The number of carbonyl (C=O) groups excluding carboxylic acids is 1. The SMILES string of the molecule is CC(CCO)CNC(=O)/C=C/c1ccc2c(c1)CCO2. The third-order valence-electron chi connectivity index (χ3n) is 3.39. The first-order valence-corrected chi connectivity index (χ1v) is 7.01. The summed E-state index contributed by atoms with van der Waals surface area (Å²) < 4.78 is 5.44. The number of nitrogens with one attached hydrogen (secondary N) is 1. The summed E-state index contributed by atoms with van der Waals surface area (Å²) in [5.74, 6) is 1.13. The van der Waals surface area contributed by atoms with E-state index >= 15 is 0 Å². The first kappa shape index (κ1) is 14.6. The number of aliphatic hydroxyl groups excluding tert-OH is 1. The van der Waals surface area contributed by atoms with E-state index < -0.39 is 0 Å². The number of amides is 1. The van der Waals surface area contributed by atoms with E-state index in [2.05, 4.69) is 11.4 Å². The Kier molecular flexibility index (Phi) is 5.18. The van der Waals surface area contributed by atoms with Gasteiger partial charge in [-0.25, -0.2) is 0 Å². The van der Waals surface area contributed by atoms with Crippen LogP contribution in [-0.2, 0) is 11.2 Å². The maximum atomic E-state index is 11.7. The van der Waals surface area contributed by atoms with Gasteiger partial charge in [-0.15, -0.1) is 0 Å². The van der Waals surface area contributed by atoms with Gasteiger partial charge in [0.2, 0.25) is 5.91 Å². The minimum atomic E-state index is -0.105. The highest BCUT2D eigenvalue weighted by Gasteiger charge is 2.11. The van der Waals surface area contributed by atoms with Crippen LogP contribution in [0.5, 0.6) is 5.75 Å². The molecule has 1 aliphatic rings. The van der Waals surface area contributed by atoms with Crippen molar-refractivity contribution in [1.82, 2.24) is 5.32 Å². The molecular weight excluding hydrogens is 254 g/mol. The molecule has 0 spiro atoms. The Morgan fingerprint density at radius 3 is 3.20 bits per heavy atom. The predicted molar refractivity (Wildman–Crippen MR) is 78.6 cm³/mol. The second-order valence-corrected chi connectivity index (χ2v) is 5.16. The number of hydrogen-bond donors (Lipinski definition) is 2. The molecule has 20 heavy (non-hydrogen) atoms. The lowest BCUT2D eigenvalue weighted by Crippen LogP contribution is -2.26. The lowest BCUT2D eigenvalue weighted by Gasteiger charge is -2.09. The van der Waals surface area contributed by atoms with Gasteiger partial charge >= 0.3 is 0 Å². The summed E-state index contributed by atoms with van der Waals surface area (Å²) in [6.07, 6.45) is 4.99. The zero-order valence-corrected chi connectivity index (χ0v) is 11.8. The average Bonchev–Trinajstić information content (AvgIpc) is 2.90. The number of aliphatic hydroxyl groups is 1. The molecule has 4 nitrogen and oxygen atoms in total. The molecule has 1 aromatic rings. The number of carbonyl (C=O) groups is 1. The van der Waals surface area contributed by atoms with Crippen molar-refractivity contribution in [3.8, 4) is 5.75 Å². The quantitative estimate of drug-likeness (QED) is 0.778. The summed E-state index contributed by atoms with van der Waals surface area (Å²) in [7, 11) is 0. The van der Waals surface area contributed by atoms with Crippen molar-refractivity contribution in [3.63, 3.8) is 0 Å². The Morgan fingerprint density at radius 1 is 1.55 bits per heavy atom. The largest absolute Gasteiger partial charge is 0.493 e. The Hall–Kier alpha value is -1.81. The third kappa shape index (κ3) is 4.10. The highest BCUT2D eigenvalue weighted by atomic mass is 16.5. The van der Waals surface area contributed by atoms with Crippen LogP contribution in [0.3, 0.4) is 0 Å². The number of hydrogen-bond acceptors (Lipinski definition) is 3. The molecule has 0 aromatic heterocycles. The predicted octanol–water partition coefficient (Wildman–Crippen LogP) is 1.77. The van der Waals surface area contributed by atoms with Gasteiger partial charge in [0.25, 0.3) is 0 Å². The highest BCUT2D eigenvalue weighted by molar-refractivity contribution is 5.91. The average molecular weight is 275 g/mol. The van der Waals surface area contributed by atoms with Crippen molar-refractivity contribution in [2.24, 2.45) is 5.92 Å². The van der Waals surface area contributed by atoms with Gasteiger partial charge in [0.1, 0.15) is 5.75 Å². The number of fused-ring (bicyclic) bond motifs is 1. The summed E-state index contributed by atoms with van der Waals surface area (Å²) in [5, 5.41) is 11.6. The molecule has 1 heterocycles. The second-order valence-electron chi connectivity index (χ2n) is 5.16. The zero-order valence-electron chi connectivity index (χ0n) is 11.8. The molecule has 1 unspecified atom stereocenters. The molecule has 0 saturated heterocycles. The van der Waals surface area contributed by atoms with Crippen molar-refractivity contribution in [2.75, 3.05) is 19.8 Å². The molecule has 2 rings (SSSR count). The highest BCUT2D eigenvalue weighted by Crippen LogP contribution is 2.26. The van der Waals surface area contributed by atoms with Crippen molar-refractivity contribution in [3.05, 3.63) is 35.4 Å². The van der Waals surface area contributed by atoms with Gasteiger partial charge in [0.05, 0.1) is 6.61 Å². The van der Waals surface area contributed by atoms with Crippen LogP contribution in [0, 0.1) is 5.92 Å². The van der Waals surface area contributed by atoms with E-state index in [4.69, 9.17) is 9.84 Å². The Labute approximate surface area is 119 Å². The molecule has 0 saturated carbocycles. The van der Waals surface area contributed by atoms with E-state index in [0.29, 0.717) is 13.0 Å². The molecule has 108 valence electrons. The summed E-state index contributed by atoms with van der Waals surface area (Å²) in [6, 6.07) is 5.95. The van der Waals surface area contributed by atoms with Gasteiger partial charge in [-0.2, -0.15) is 0 Å². The van der Waals surface area contributed by atoms with Crippen molar-refractivity contribution < 1.29 is 14.6 Å². The monoisotopic (exact) mass is 275 g/mol. The fourth-order valence-electron chi connectivity index (χ4n) is 2.14. The van der Waals surface area contributed by atoms with E-state index in [1.165, 1.54) is 5.56 Å². The minimum Gasteiger partial charge on any atom is -0.493 e. The van der Waals surface area contributed by atoms with Gasteiger partial charge in [-0.05, 0) is 41.7 Å². The topological polar surface area (TPSA) is 58.6 Å². The third-order valence-corrected chi connectivity index (χ3v) is 3.39. The van der Waals surface area contributed by atoms with Crippen LogP contribution < -0.4 is 10.1 Å². The normalized spacial score (nSPS) is 14.9. The Bertz CT molecular complexity index is 496. The number of rotatable bonds is 6. The Balaban J connectivity index is 1.84. The second kappa shape index (κ2) is 7.10. The van der Waals surface area contributed by atoms with E-state index in [9.17, 15) is 4.79 Å². The van der Waals surface area contributed by atoms with Crippen LogP contribution in [0.25, 0.3) is 6.08 Å². The molecule has 1 amide bonds. The fourth-order valence-corrected chi connectivity index (χ4v) is 2.14. The smallest absolute Gasteiger partial charge is 0.244 e. The van der Waals surface area contributed by atoms with E-state index in [1.807, 2.05) is 25.1 Å². The fraction of sp³-hybridized carbons (Fsp3) is 0.438. The summed E-state index contributed by atoms with van der Waals surface area (Å²) in [6.45, 7) is 3.48. The Morgan fingerprint density at radius 2 is 2.40 bits per heavy atom. The summed E-state index contributed by atoms with van der Waals surface area (Å²) in [5.41, 5.74) is 2.21. The van der Waals surface area contributed by atoms with Crippen molar-refractivity contribution in [2.45, 2.75) is 19.8 Å². The maximum Gasteiger partial charge on any atom is 0.244 e. The van der Waals surface area contributed by atoms with Gasteiger partial charge in [-0.3, -0.25) is 4.79 Å². The van der Waals surface area contributed by atoms with Crippen LogP contribution in [0.15, 0.2) is 24.3 Å². The number of ether oxygens (including phenoxy) is 1. The van der Waals surface area contributed by atoms with Crippen molar-refractivity contribution >= 4 is 12.0 Å². The van der Waals surface area contributed by atoms with Crippen LogP contribution >= 0.6 is 0 Å².